The fourth-order valence-electron chi connectivity index (χ4n) is 3.76. The molecule has 0 unspecified atom stereocenters. The number of methoxy groups -OCH3 is 2. The van der Waals surface area contributed by atoms with Gasteiger partial charge in [0.1, 0.15) is 17.7 Å². The van der Waals surface area contributed by atoms with Gasteiger partial charge in [0.25, 0.3) is 5.56 Å². The Bertz CT molecular complexity index is 1030. The topological polar surface area (TPSA) is 122 Å². The summed E-state index contributed by atoms with van der Waals surface area (Å²) in [4.78, 5) is 14.2. The van der Waals surface area contributed by atoms with E-state index in [1.165, 1.54) is 25.0 Å². The molecule has 2 heterocycles. The first-order chi connectivity index (χ1) is 15.3. The normalized spacial score (nSPS) is 19.2. The summed E-state index contributed by atoms with van der Waals surface area (Å²) >= 11 is 0. The minimum absolute atomic E-state index is 0.0788. The quantitative estimate of drug-likeness (QED) is 0.574. The lowest BCUT2D eigenvalue weighted by Gasteiger charge is -2.45. The Hall–Kier alpha value is -2.97. The van der Waals surface area contributed by atoms with E-state index in [0.29, 0.717) is 35.8 Å². The zero-order valence-corrected chi connectivity index (χ0v) is 18.7. The van der Waals surface area contributed by atoms with Gasteiger partial charge in [0.15, 0.2) is 5.60 Å². The number of nitrogens with one attached hydrogen (secondary N) is 1. The summed E-state index contributed by atoms with van der Waals surface area (Å²) in [6.07, 6.45) is -1.10. The first kappa shape index (κ1) is 23.7. The summed E-state index contributed by atoms with van der Waals surface area (Å²) < 4.78 is 18.2. The molecule has 10 nitrogen and oxygen atoms in total. The Morgan fingerprint density at radius 2 is 2.00 bits per heavy atom. The summed E-state index contributed by atoms with van der Waals surface area (Å²) in [5.41, 5.74) is -0.361. The third kappa shape index (κ3) is 4.92. The standard InChI is InChI=1S/C22H29N5O5/c1-26(2)9-10-27-19(28)8-7-18(25-27)24-20-16-11-15(12-23)5-6-17(16)32-22(13-30-3,14-31-4)21(20)29/h5-8,11,20-21,29H,9-10,13-14H2,1-4H3,(H,24,25)/t20-,21+/m1/s1. The minimum Gasteiger partial charge on any atom is -0.479 e. The van der Waals surface area contributed by atoms with Crippen molar-refractivity contribution in [1.82, 2.24) is 14.7 Å². The first-order valence-electron chi connectivity index (χ1n) is 10.2. The maximum Gasteiger partial charge on any atom is 0.266 e. The van der Waals surface area contributed by atoms with Gasteiger partial charge in [0.2, 0.25) is 0 Å². The third-order valence-electron chi connectivity index (χ3n) is 5.35. The van der Waals surface area contributed by atoms with E-state index < -0.39 is 17.7 Å². The van der Waals surface area contributed by atoms with Crippen molar-refractivity contribution in [2.75, 3.05) is 53.4 Å². The molecule has 172 valence electrons. The number of nitriles is 1. The van der Waals surface area contributed by atoms with Crippen LogP contribution in [0.2, 0.25) is 0 Å². The molecule has 0 radical (unpaired) electrons. The molecule has 10 heteroatoms. The van der Waals surface area contributed by atoms with Crippen LogP contribution in [0.5, 0.6) is 5.75 Å². The third-order valence-corrected chi connectivity index (χ3v) is 5.35. The smallest absolute Gasteiger partial charge is 0.266 e. The summed E-state index contributed by atoms with van der Waals surface area (Å²) in [7, 11) is 6.87. The molecule has 1 aliphatic heterocycles. The van der Waals surface area contributed by atoms with Gasteiger partial charge in [-0.3, -0.25) is 4.79 Å². The number of fused-ring (bicyclic) bond motifs is 1. The molecule has 0 saturated carbocycles. The van der Waals surface area contributed by atoms with E-state index in [0.717, 1.165) is 0 Å². The van der Waals surface area contributed by atoms with E-state index >= 15 is 0 Å². The zero-order valence-electron chi connectivity index (χ0n) is 18.7. The van der Waals surface area contributed by atoms with Crippen molar-refractivity contribution in [3.63, 3.8) is 0 Å². The molecule has 2 atom stereocenters. The molecular weight excluding hydrogens is 414 g/mol. The number of nitrogens with zero attached hydrogens (tertiary/aromatic N) is 4. The molecule has 3 rings (SSSR count). The van der Waals surface area contributed by atoms with Crippen LogP contribution in [0.25, 0.3) is 0 Å². The Kier molecular flexibility index (Phi) is 7.48. The molecule has 0 amide bonds. The molecule has 0 saturated heterocycles. The number of likely N-dealkylation sites (N-methyl/N-ethyl adjacent to an activating group) is 1. The molecule has 1 aromatic carbocycles. The number of aromatic nitrogens is 2. The summed E-state index contributed by atoms with van der Waals surface area (Å²) in [6, 6.07) is 9.43. The van der Waals surface area contributed by atoms with Crippen LogP contribution in [0.15, 0.2) is 35.1 Å². The summed E-state index contributed by atoms with van der Waals surface area (Å²) in [5.74, 6) is 0.910. The highest BCUT2D eigenvalue weighted by Gasteiger charge is 2.50. The minimum atomic E-state index is -1.18. The van der Waals surface area contributed by atoms with Crippen molar-refractivity contribution >= 4 is 5.82 Å². The largest absolute Gasteiger partial charge is 0.479 e. The monoisotopic (exact) mass is 443 g/mol. The Morgan fingerprint density at radius 3 is 2.62 bits per heavy atom. The molecule has 2 N–H and O–H groups in total. The van der Waals surface area contributed by atoms with Gasteiger partial charge in [0, 0.05) is 32.4 Å². The second-order valence-electron chi connectivity index (χ2n) is 8.05. The second-order valence-corrected chi connectivity index (χ2v) is 8.05. The molecular formula is C22H29N5O5. The van der Waals surface area contributed by atoms with Crippen LogP contribution >= 0.6 is 0 Å². The number of aliphatic hydroxyl groups excluding tert-OH is 1. The summed E-state index contributed by atoms with van der Waals surface area (Å²) in [5, 5.41) is 28.4. The van der Waals surface area contributed by atoms with Crippen LogP contribution in [0.1, 0.15) is 17.2 Å². The van der Waals surface area contributed by atoms with Crippen LogP contribution < -0.4 is 15.6 Å². The number of aliphatic hydroxyl groups is 1. The Balaban J connectivity index is 2.02. The lowest BCUT2D eigenvalue weighted by atomic mass is 9.84. The Morgan fingerprint density at radius 1 is 1.28 bits per heavy atom. The molecule has 0 fully saturated rings. The van der Waals surface area contributed by atoms with Gasteiger partial charge in [-0.15, -0.1) is 0 Å². The maximum absolute atomic E-state index is 12.2. The SMILES string of the molecule is COCC1(COC)Oc2ccc(C#N)cc2[C@@H](Nc2ccc(=O)n(CCN(C)C)n2)[C@@H]1O. The number of benzene rings is 1. The molecule has 1 aromatic heterocycles. The molecule has 1 aliphatic rings. The number of ether oxygens (including phenoxy) is 3. The predicted molar refractivity (Wildman–Crippen MR) is 118 cm³/mol. The van der Waals surface area contributed by atoms with Gasteiger partial charge in [-0.1, -0.05) is 0 Å². The average molecular weight is 444 g/mol. The fraction of sp³-hybridized carbons (Fsp3) is 0.500. The number of rotatable bonds is 9. The van der Waals surface area contributed by atoms with E-state index in [4.69, 9.17) is 14.2 Å². The average Bonchev–Trinajstić information content (AvgIpc) is 2.77. The van der Waals surface area contributed by atoms with Gasteiger partial charge in [0.05, 0.1) is 37.4 Å². The molecule has 32 heavy (non-hydrogen) atoms. The number of hydrogen-bond donors (Lipinski definition) is 2. The van der Waals surface area contributed by atoms with E-state index in [1.54, 1.807) is 24.3 Å². The van der Waals surface area contributed by atoms with E-state index in [9.17, 15) is 15.2 Å². The summed E-state index contributed by atoms with van der Waals surface area (Å²) in [6.45, 7) is 1.23. The van der Waals surface area contributed by atoms with Crippen molar-refractivity contribution in [1.29, 1.82) is 5.26 Å². The van der Waals surface area contributed by atoms with Crippen molar-refractivity contribution < 1.29 is 19.3 Å². The van der Waals surface area contributed by atoms with Gasteiger partial charge in [-0.2, -0.15) is 10.4 Å². The highest BCUT2D eigenvalue weighted by Crippen LogP contribution is 2.42. The first-order valence-corrected chi connectivity index (χ1v) is 10.2. The van der Waals surface area contributed by atoms with Crippen LogP contribution in [-0.2, 0) is 16.0 Å². The highest BCUT2D eigenvalue weighted by molar-refractivity contribution is 5.50. The van der Waals surface area contributed by atoms with E-state index in [1.807, 2.05) is 19.0 Å². The van der Waals surface area contributed by atoms with Gasteiger partial charge in [-0.25, -0.2) is 4.68 Å². The molecule has 2 aromatic rings. The number of anilines is 1. The van der Waals surface area contributed by atoms with Crippen LogP contribution in [0.3, 0.4) is 0 Å². The van der Waals surface area contributed by atoms with Gasteiger partial charge >= 0.3 is 0 Å². The predicted octanol–water partition coefficient (Wildman–Crippen LogP) is 0.615. The fourth-order valence-corrected chi connectivity index (χ4v) is 3.76. The van der Waals surface area contributed by atoms with Crippen LogP contribution in [0.4, 0.5) is 5.82 Å². The lowest BCUT2D eigenvalue weighted by Crippen LogP contribution is -2.60. The van der Waals surface area contributed by atoms with E-state index in [-0.39, 0.29) is 18.8 Å². The molecule has 0 bridgehead atoms. The Labute approximate surface area is 186 Å². The van der Waals surface area contributed by atoms with Gasteiger partial charge < -0.3 is 29.5 Å². The lowest BCUT2D eigenvalue weighted by molar-refractivity contribution is -0.142. The number of hydrogen-bond acceptors (Lipinski definition) is 9. The zero-order chi connectivity index (χ0) is 23.3. The second kappa shape index (κ2) is 10.1. The maximum atomic E-state index is 12.2. The van der Waals surface area contributed by atoms with Crippen molar-refractivity contribution in [2.24, 2.45) is 0 Å². The van der Waals surface area contributed by atoms with Crippen molar-refractivity contribution in [3.8, 4) is 11.8 Å². The van der Waals surface area contributed by atoms with E-state index in [2.05, 4.69) is 16.5 Å². The van der Waals surface area contributed by atoms with Crippen LogP contribution in [0, 0.1) is 11.3 Å². The highest BCUT2D eigenvalue weighted by atomic mass is 16.6. The van der Waals surface area contributed by atoms with Gasteiger partial charge in [-0.05, 0) is 38.4 Å². The van der Waals surface area contributed by atoms with Crippen molar-refractivity contribution in [3.05, 3.63) is 51.8 Å². The molecule has 0 spiro atoms. The molecule has 0 aliphatic carbocycles. The van der Waals surface area contributed by atoms with Crippen molar-refractivity contribution in [2.45, 2.75) is 24.3 Å². The van der Waals surface area contributed by atoms with Crippen LogP contribution in [-0.4, -0.2) is 79.6 Å².